The average Bonchev–Trinajstić information content (AvgIpc) is 3.12. The minimum atomic E-state index is -0.712. The van der Waals surface area contributed by atoms with Crippen molar-refractivity contribution >= 4 is 46.1 Å². The van der Waals surface area contributed by atoms with Gasteiger partial charge >= 0.3 is 5.97 Å². The molecule has 1 aromatic carbocycles. The van der Waals surface area contributed by atoms with Crippen LogP contribution in [0.4, 0.5) is 0 Å². The van der Waals surface area contributed by atoms with Crippen LogP contribution in [-0.2, 0) is 29.1 Å². The summed E-state index contributed by atoms with van der Waals surface area (Å²) < 4.78 is 2.18. The summed E-state index contributed by atoms with van der Waals surface area (Å²) in [6.07, 6.45) is 6.02. The van der Waals surface area contributed by atoms with Crippen LogP contribution in [0.25, 0.3) is 11.0 Å². The molecule has 1 aliphatic heterocycles. The fourth-order valence-corrected chi connectivity index (χ4v) is 6.09. The van der Waals surface area contributed by atoms with Gasteiger partial charge in [-0.25, -0.2) is 4.98 Å². The number of rotatable bonds is 5. The van der Waals surface area contributed by atoms with Gasteiger partial charge in [0.25, 0.3) is 0 Å². The third-order valence-corrected chi connectivity index (χ3v) is 7.73. The van der Waals surface area contributed by atoms with Gasteiger partial charge in [-0.1, -0.05) is 23.2 Å². The van der Waals surface area contributed by atoms with Crippen molar-refractivity contribution in [3.63, 3.8) is 0 Å². The zero-order chi connectivity index (χ0) is 23.8. The van der Waals surface area contributed by atoms with E-state index in [0.29, 0.717) is 48.9 Å². The summed E-state index contributed by atoms with van der Waals surface area (Å²) in [6, 6.07) is 9.59. The Hall–Kier alpha value is -2.57. The number of fused-ring (bicyclic) bond motifs is 3. The molecule has 34 heavy (non-hydrogen) atoms. The molecule has 178 valence electrons. The molecule has 0 bridgehead atoms. The highest BCUT2D eigenvalue weighted by Crippen LogP contribution is 2.34. The van der Waals surface area contributed by atoms with Gasteiger partial charge in [-0.05, 0) is 79.5 Å². The number of aromatic nitrogens is 2. The summed E-state index contributed by atoms with van der Waals surface area (Å²) in [7, 11) is 0. The van der Waals surface area contributed by atoms with E-state index in [-0.39, 0.29) is 17.7 Å². The minimum Gasteiger partial charge on any atom is -0.481 e. The van der Waals surface area contributed by atoms with Crippen LogP contribution >= 0.6 is 23.2 Å². The minimum absolute atomic E-state index is 0.153. The first-order valence-electron chi connectivity index (χ1n) is 11.8. The number of hydrogen-bond acceptors (Lipinski definition) is 3. The lowest BCUT2D eigenvalue weighted by molar-refractivity contribution is -0.143. The largest absolute Gasteiger partial charge is 0.481 e. The molecule has 3 heterocycles. The summed E-state index contributed by atoms with van der Waals surface area (Å²) in [5, 5.41) is 11.5. The molecule has 1 saturated carbocycles. The van der Waals surface area contributed by atoms with Gasteiger partial charge < -0.3 is 14.6 Å². The second-order valence-electron chi connectivity index (χ2n) is 9.49. The first-order chi connectivity index (χ1) is 16.4. The summed E-state index contributed by atoms with van der Waals surface area (Å²) in [5.74, 6) is -0.548. The Morgan fingerprint density at radius 1 is 1.09 bits per heavy atom. The molecule has 0 unspecified atom stereocenters. The van der Waals surface area contributed by atoms with E-state index in [1.54, 1.807) is 12.3 Å². The standard InChI is InChI=1S/C26H27Cl2N3O3/c27-19-10-17(11-20(28)13-19)14-31-23-15-30(9-7-21(23)22-2-1-8-29-25(22)31)24(32)12-16-3-5-18(6-4-16)26(33)34/h1-2,8,10-11,13,16,18H,3-7,9,12,14-15H2,(H,33,34)/t16-,18-. The van der Waals surface area contributed by atoms with Gasteiger partial charge in [0.05, 0.1) is 12.5 Å². The van der Waals surface area contributed by atoms with Gasteiger partial charge in [0.2, 0.25) is 5.91 Å². The van der Waals surface area contributed by atoms with Crippen LogP contribution in [0.1, 0.15) is 48.9 Å². The maximum Gasteiger partial charge on any atom is 0.306 e. The van der Waals surface area contributed by atoms with Crippen molar-refractivity contribution in [3.05, 3.63) is 63.4 Å². The SMILES string of the molecule is O=C(C[C@H]1CC[C@H](C(=O)O)CC1)N1CCc2c(n(Cc3cc(Cl)cc(Cl)c3)c3ncccc23)C1. The Kier molecular flexibility index (Phi) is 6.54. The Bertz CT molecular complexity index is 1230. The number of aliphatic carboxylic acids is 1. The highest BCUT2D eigenvalue weighted by molar-refractivity contribution is 6.34. The fourth-order valence-electron chi connectivity index (χ4n) is 5.52. The molecule has 1 fully saturated rings. The van der Waals surface area contributed by atoms with Gasteiger partial charge in [-0.2, -0.15) is 0 Å². The molecule has 0 atom stereocenters. The van der Waals surface area contributed by atoms with Crippen molar-refractivity contribution in [3.8, 4) is 0 Å². The predicted octanol–water partition coefficient (Wildman–Crippen LogP) is 5.56. The zero-order valence-electron chi connectivity index (χ0n) is 18.8. The fraction of sp³-hybridized carbons (Fsp3) is 0.423. The topological polar surface area (TPSA) is 75.4 Å². The number of halogens is 2. The molecule has 0 radical (unpaired) electrons. The second-order valence-corrected chi connectivity index (χ2v) is 10.4. The molecule has 1 amide bonds. The highest BCUT2D eigenvalue weighted by Gasteiger charge is 2.31. The number of pyridine rings is 1. The molecular formula is C26H27Cl2N3O3. The smallest absolute Gasteiger partial charge is 0.306 e. The van der Waals surface area contributed by atoms with E-state index in [9.17, 15) is 14.7 Å². The van der Waals surface area contributed by atoms with Crippen molar-refractivity contribution in [2.45, 2.75) is 51.6 Å². The number of carboxylic acid groups (broad SMARTS) is 1. The molecule has 0 spiro atoms. The van der Waals surface area contributed by atoms with Crippen LogP contribution in [0, 0.1) is 11.8 Å². The van der Waals surface area contributed by atoms with E-state index in [1.807, 2.05) is 23.1 Å². The number of hydrogen-bond donors (Lipinski definition) is 1. The van der Waals surface area contributed by atoms with E-state index >= 15 is 0 Å². The Balaban J connectivity index is 1.37. The van der Waals surface area contributed by atoms with E-state index in [0.717, 1.165) is 41.6 Å². The molecule has 1 aliphatic carbocycles. The Morgan fingerprint density at radius 3 is 2.53 bits per heavy atom. The van der Waals surface area contributed by atoms with Gasteiger partial charge in [0, 0.05) is 46.8 Å². The van der Waals surface area contributed by atoms with Crippen LogP contribution in [-0.4, -0.2) is 38.0 Å². The quantitative estimate of drug-likeness (QED) is 0.498. The molecule has 1 N–H and O–H groups in total. The van der Waals surface area contributed by atoms with Crippen molar-refractivity contribution < 1.29 is 14.7 Å². The highest BCUT2D eigenvalue weighted by atomic mass is 35.5. The van der Waals surface area contributed by atoms with Crippen molar-refractivity contribution in [1.82, 2.24) is 14.5 Å². The van der Waals surface area contributed by atoms with Crippen molar-refractivity contribution in [2.75, 3.05) is 6.54 Å². The number of amides is 1. The van der Waals surface area contributed by atoms with E-state index in [4.69, 9.17) is 23.2 Å². The average molecular weight is 500 g/mol. The molecule has 2 aliphatic rings. The van der Waals surface area contributed by atoms with Crippen LogP contribution < -0.4 is 0 Å². The number of carbonyl (C=O) groups is 2. The lowest BCUT2D eigenvalue weighted by atomic mass is 9.80. The van der Waals surface area contributed by atoms with Gasteiger partial charge in [0.1, 0.15) is 5.65 Å². The number of nitrogens with zero attached hydrogens (tertiary/aromatic N) is 3. The summed E-state index contributed by atoms with van der Waals surface area (Å²) in [6.45, 7) is 1.81. The Morgan fingerprint density at radius 2 is 1.82 bits per heavy atom. The Labute approximate surface area is 208 Å². The number of carbonyl (C=O) groups excluding carboxylic acids is 1. The van der Waals surface area contributed by atoms with E-state index in [1.165, 1.54) is 5.56 Å². The zero-order valence-corrected chi connectivity index (χ0v) is 20.4. The third kappa shape index (κ3) is 4.66. The summed E-state index contributed by atoms with van der Waals surface area (Å²) in [5.41, 5.74) is 4.26. The van der Waals surface area contributed by atoms with Gasteiger partial charge in [-0.15, -0.1) is 0 Å². The molecule has 3 aromatic rings. The normalized spacial score (nSPS) is 20.4. The lowest BCUT2D eigenvalue weighted by Crippen LogP contribution is -2.38. The first kappa shape index (κ1) is 23.2. The second kappa shape index (κ2) is 9.59. The maximum absolute atomic E-state index is 13.2. The first-order valence-corrected chi connectivity index (χ1v) is 12.5. The molecule has 2 aromatic heterocycles. The van der Waals surface area contributed by atoms with Gasteiger partial charge in [0.15, 0.2) is 0 Å². The summed E-state index contributed by atoms with van der Waals surface area (Å²) in [4.78, 5) is 31.0. The van der Waals surface area contributed by atoms with Crippen molar-refractivity contribution in [2.24, 2.45) is 11.8 Å². The lowest BCUT2D eigenvalue weighted by Gasteiger charge is -2.31. The summed E-state index contributed by atoms with van der Waals surface area (Å²) >= 11 is 12.5. The van der Waals surface area contributed by atoms with Crippen LogP contribution in [0.15, 0.2) is 36.5 Å². The monoisotopic (exact) mass is 499 g/mol. The third-order valence-electron chi connectivity index (χ3n) is 7.29. The molecular weight excluding hydrogens is 473 g/mol. The molecule has 8 heteroatoms. The number of carboxylic acids is 1. The maximum atomic E-state index is 13.2. The van der Waals surface area contributed by atoms with Crippen LogP contribution in [0.2, 0.25) is 10.0 Å². The predicted molar refractivity (Wildman–Crippen MR) is 132 cm³/mol. The molecule has 0 saturated heterocycles. The van der Waals surface area contributed by atoms with Crippen LogP contribution in [0.5, 0.6) is 0 Å². The van der Waals surface area contributed by atoms with Crippen molar-refractivity contribution in [1.29, 1.82) is 0 Å². The van der Waals surface area contributed by atoms with E-state index in [2.05, 4.69) is 15.6 Å². The molecule has 5 rings (SSSR count). The van der Waals surface area contributed by atoms with E-state index < -0.39 is 5.97 Å². The van der Waals surface area contributed by atoms with Crippen LogP contribution in [0.3, 0.4) is 0 Å². The van der Waals surface area contributed by atoms with Gasteiger partial charge in [-0.3, -0.25) is 9.59 Å². The molecule has 6 nitrogen and oxygen atoms in total. The number of benzene rings is 1.